The van der Waals surface area contributed by atoms with Crippen LogP contribution in [0.5, 0.6) is 0 Å². The molecule has 1 saturated heterocycles. The van der Waals surface area contributed by atoms with Gasteiger partial charge in [-0.2, -0.15) is 5.10 Å². The number of aromatic nitrogens is 2. The number of benzene rings is 1. The van der Waals surface area contributed by atoms with E-state index in [9.17, 15) is 9.90 Å². The summed E-state index contributed by atoms with van der Waals surface area (Å²) in [6, 6.07) is 11.9. The number of aryl methyl sites for hydroxylation is 1. The van der Waals surface area contributed by atoms with Gasteiger partial charge >= 0.3 is 0 Å². The fourth-order valence-corrected chi connectivity index (χ4v) is 3.52. The van der Waals surface area contributed by atoms with E-state index in [4.69, 9.17) is 0 Å². The maximum absolute atomic E-state index is 12.8. The molecule has 0 radical (unpaired) electrons. The first-order valence-electron chi connectivity index (χ1n) is 8.07. The summed E-state index contributed by atoms with van der Waals surface area (Å²) in [7, 11) is 1.84. The number of hydrogen-bond donors (Lipinski definition) is 1. The first-order valence-corrected chi connectivity index (χ1v) is 8.07. The normalized spacial score (nSPS) is 20.9. The number of nitrogens with zero attached hydrogens (tertiary/aromatic N) is 3. The molecule has 1 amide bonds. The summed E-state index contributed by atoms with van der Waals surface area (Å²) < 4.78 is 1.70. The zero-order chi connectivity index (χ0) is 16.3. The summed E-state index contributed by atoms with van der Waals surface area (Å²) in [5.41, 5.74) is 1.45. The average molecular weight is 313 g/mol. The first kappa shape index (κ1) is 15.7. The van der Waals surface area contributed by atoms with Gasteiger partial charge in [-0.1, -0.05) is 30.3 Å². The van der Waals surface area contributed by atoms with Crippen LogP contribution in [0.15, 0.2) is 42.6 Å². The molecular weight excluding hydrogens is 290 g/mol. The molecule has 1 aliphatic rings. The van der Waals surface area contributed by atoms with Gasteiger partial charge < -0.3 is 10.0 Å². The van der Waals surface area contributed by atoms with E-state index in [-0.39, 0.29) is 18.9 Å². The summed E-state index contributed by atoms with van der Waals surface area (Å²) in [5.74, 6) is 0.0474. The molecule has 0 bridgehead atoms. The summed E-state index contributed by atoms with van der Waals surface area (Å²) in [4.78, 5) is 14.6. The molecule has 0 spiro atoms. The van der Waals surface area contributed by atoms with E-state index in [0.717, 1.165) is 24.1 Å². The lowest BCUT2D eigenvalue weighted by atomic mass is 9.88. The van der Waals surface area contributed by atoms with Crippen LogP contribution in [-0.2, 0) is 24.7 Å². The third kappa shape index (κ3) is 3.29. The highest BCUT2D eigenvalue weighted by Crippen LogP contribution is 2.33. The van der Waals surface area contributed by atoms with Gasteiger partial charge in [0.2, 0.25) is 5.91 Å². The second-order valence-corrected chi connectivity index (χ2v) is 6.35. The molecule has 5 heteroatoms. The zero-order valence-corrected chi connectivity index (χ0v) is 13.5. The fraction of sp³-hybridized carbons (Fsp3) is 0.444. The van der Waals surface area contributed by atoms with E-state index in [2.05, 4.69) is 17.2 Å². The van der Waals surface area contributed by atoms with Crippen LogP contribution in [0.3, 0.4) is 0 Å². The Hall–Kier alpha value is -2.14. The monoisotopic (exact) mass is 313 g/mol. The third-order valence-electron chi connectivity index (χ3n) is 4.67. The van der Waals surface area contributed by atoms with Crippen molar-refractivity contribution in [1.82, 2.24) is 14.7 Å². The standard InChI is InChI=1S/C18H23N3O2/c1-20-11-8-16(19-20)12-17(23)21-10-5-9-18(21,14-22)13-15-6-3-2-4-7-15/h2-4,6-8,11,22H,5,9-10,12-14H2,1H3. The van der Waals surface area contributed by atoms with E-state index < -0.39 is 5.54 Å². The van der Waals surface area contributed by atoms with Crippen LogP contribution in [0.1, 0.15) is 24.1 Å². The number of aliphatic hydroxyl groups is 1. The number of carbonyl (C=O) groups excluding carboxylic acids is 1. The molecule has 1 N–H and O–H groups in total. The third-order valence-corrected chi connectivity index (χ3v) is 4.67. The number of likely N-dealkylation sites (tertiary alicyclic amines) is 1. The van der Waals surface area contributed by atoms with E-state index in [1.165, 1.54) is 0 Å². The smallest absolute Gasteiger partial charge is 0.229 e. The number of aliphatic hydroxyl groups excluding tert-OH is 1. The minimum Gasteiger partial charge on any atom is -0.394 e. The SMILES string of the molecule is Cn1ccc(CC(=O)N2CCCC2(CO)Cc2ccccc2)n1. The van der Waals surface area contributed by atoms with Crippen molar-refractivity contribution in [2.24, 2.45) is 7.05 Å². The van der Waals surface area contributed by atoms with Crippen molar-refractivity contribution in [3.05, 3.63) is 53.9 Å². The zero-order valence-electron chi connectivity index (χ0n) is 13.5. The van der Waals surface area contributed by atoms with Crippen molar-refractivity contribution in [2.75, 3.05) is 13.2 Å². The Balaban J connectivity index is 1.77. The van der Waals surface area contributed by atoms with Gasteiger partial charge in [0, 0.05) is 19.8 Å². The van der Waals surface area contributed by atoms with Crippen LogP contribution >= 0.6 is 0 Å². The molecule has 2 heterocycles. The van der Waals surface area contributed by atoms with Crippen LogP contribution in [0.2, 0.25) is 0 Å². The molecule has 1 atom stereocenters. The van der Waals surface area contributed by atoms with Gasteiger partial charge in [0.25, 0.3) is 0 Å². The molecule has 23 heavy (non-hydrogen) atoms. The van der Waals surface area contributed by atoms with Gasteiger partial charge in [-0.3, -0.25) is 9.48 Å². The minimum atomic E-state index is -0.479. The van der Waals surface area contributed by atoms with Gasteiger partial charge in [-0.25, -0.2) is 0 Å². The highest BCUT2D eigenvalue weighted by atomic mass is 16.3. The van der Waals surface area contributed by atoms with Crippen molar-refractivity contribution >= 4 is 5.91 Å². The molecular formula is C18H23N3O2. The van der Waals surface area contributed by atoms with E-state index in [0.29, 0.717) is 13.0 Å². The molecule has 1 aromatic carbocycles. The number of amides is 1. The van der Waals surface area contributed by atoms with Crippen molar-refractivity contribution in [1.29, 1.82) is 0 Å². The summed E-state index contributed by atoms with van der Waals surface area (Å²) in [6.07, 6.45) is 4.60. The van der Waals surface area contributed by atoms with Crippen LogP contribution in [0.4, 0.5) is 0 Å². The van der Waals surface area contributed by atoms with E-state index >= 15 is 0 Å². The molecule has 122 valence electrons. The highest BCUT2D eigenvalue weighted by molar-refractivity contribution is 5.79. The van der Waals surface area contributed by atoms with Gasteiger partial charge in [-0.15, -0.1) is 0 Å². The Morgan fingerprint density at radius 1 is 1.30 bits per heavy atom. The predicted octanol–water partition coefficient (Wildman–Crippen LogP) is 1.56. The minimum absolute atomic E-state index is 0.00411. The largest absolute Gasteiger partial charge is 0.394 e. The Morgan fingerprint density at radius 2 is 2.09 bits per heavy atom. The van der Waals surface area contributed by atoms with Crippen LogP contribution in [-0.4, -0.2) is 44.4 Å². The van der Waals surface area contributed by atoms with E-state index in [1.807, 2.05) is 42.4 Å². The molecule has 1 unspecified atom stereocenters. The Bertz CT molecular complexity index is 668. The lowest BCUT2D eigenvalue weighted by Gasteiger charge is -2.37. The maximum Gasteiger partial charge on any atom is 0.229 e. The molecule has 3 rings (SSSR count). The molecule has 1 aliphatic heterocycles. The van der Waals surface area contributed by atoms with Crippen molar-refractivity contribution in [2.45, 2.75) is 31.2 Å². The molecule has 2 aromatic rings. The molecule has 1 aromatic heterocycles. The average Bonchev–Trinajstić information content (AvgIpc) is 3.15. The lowest BCUT2D eigenvalue weighted by Crippen LogP contribution is -2.52. The molecule has 5 nitrogen and oxygen atoms in total. The summed E-state index contributed by atoms with van der Waals surface area (Å²) in [5, 5.41) is 14.3. The van der Waals surface area contributed by atoms with Crippen LogP contribution < -0.4 is 0 Å². The highest BCUT2D eigenvalue weighted by Gasteiger charge is 2.43. The topological polar surface area (TPSA) is 58.4 Å². The Kier molecular flexibility index (Phi) is 4.48. The van der Waals surface area contributed by atoms with Gasteiger partial charge in [0.1, 0.15) is 0 Å². The summed E-state index contributed by atoms with van der Waals surface area (Å²) >= 11 is 0. The van der Waals surface area contributed by atoms with E-state index in [1.54, 1.807) is 4.68 Å². The summed E-state index contributed by atoms with van der Waals surface area (Å²) in [6.45, 7) is 0.703. The quantitative estimate of drug-likeness (QED) is 0.911. The van der Waals surface area contributed by atoms with Crippen molar-refractivity contribution < 1.29 is 9.90 Å². The second-order valence-electron chi connectivity index (χ2n) is 6.35. The van der Waals surface area contributed by atoms with Crippen LogP contribution in [0.25, 0.3) is 0 Å². The Labute approximate surface area is 136 Å². The molecule has 0 aliphatic carbocycles. The Morgan fingerprint density at radius 3 is 2.74 bits per heavy atom. The van der Waals surface area contributed by atoms with Gasteiger partial charge in [0.05, 0.1) is 24.3 Å². The van der Waals surface area contributed by atoms with Crippen LogP contribution in [0, 0.1) is 0 Å². The lowest BCUT2D eigenvalue weighted by molar-refractivity contribution is -0.136. The number of hydrogen-bond acceptors (Lipinski definition) is 3. The van der Waals surface area contributed by atoms with Gasteiger partial charge in [-0.05, 0) is 30.9 Å². The molecule has 0 saturated carbocycles. The van der Waals surface area contributed by atoms with Crippen molar-refractivity contribution in [3.63, 3.8) is 0 Å². The predicted molar refractivity (Wildman–Crippen MR) is 87.8 cm³/mol. The number of carbonyl (C=O) groups is 1. The first-order chi connectivity index (χ1) is 11.1. The maximum atomic E-state index is 12.8. The number of rotatable bonds is 5. The van der Waals surface area contributed by atoms with Gasteiger partial charge in [0.15, 0.2) is 0 Å². The molecule has 1 fully saturated rings. The van der Waals surface area contributed by atoms with Crippen molar-refractivity contribution in [3.8, 4) is 0 Å². The second kappa shape index (κ2) is 6.54. The fourth-order valence-electron chi connectivity index (χ4n) is 3.52.